The lowest BCUT2D eigenvalue weighted by molar-refractivity contribution is 0.0972. The van der Waals surface area contributed by atoms with Crippen molar-refractivity contribution in [3.63, 3.8) is 0 Å². The Balaban J connectivity index is 1.67. The summed E-state index contributed by atoms with van der Waals surface area (Å²) in [4.78, 5) is 13.4. The summed E-state index contributed by atoms with van der Waals surface area (Å²) in [5.74, 6) is 0.906. The molecule has 3 fully saturated rings. The van der Waals surface area contributed by atoms with Crippen LogP contribution in [0.15, 0.2) is 12.1 Å². The molecule has 0 aromatic carbocycles. The van der Waals surface area contributed by atoms with E-state index in [4.69, 9.17) is 5.73 Å². The van der Waals surface area contributed by atoms with Crippen LogP contribution in [-0.2, 0) is 0 Å². The number of piperidine rings is 3. The molecule has 0 radical (unpaired) electrons. The van der Waals surface area contributed by atoms with Crippen molar-refractivity contribution in [3.8, 4) is 0 Å². The van der Waals surface area contributed by atoms with E-state index in [0.29, 0.717) is 6.04 Å². The van der Waals surface area contributed by atoms with Gasteiger partial charge in [-0.3, -0.25) is 4.79 Å². The Kier molecular flexibility index (Phi) is 2.87. The van der Waals surface area contributed by atoms with Crippen molar-refractivity contribution >= 4 is 11.7 Å². The van der Waals surface area contributed by atoms with Crippen molar-refractivity contribution in [1.29, 1.82) is 0 Å². The van der Waals surface area contributed by atoms with Gasteiger partial charge in [0.2, 0.25) is 0 Å². The average molecular weight is 247 g/mol. The highest BCUT2D eigenvalue weighted by molar-refractivity contribution is 5.90. The number of nitrogens with zero attached hydrogens (tertiary/aromatic N) is 3. The van der Waals surface area contributed by atoms with Crippen LogP contribution in [0.5, 0.6) is 0 Å². The van der Waals surface area contributed by atoms with E-state index in [1.54, 1.807) is 12.1 Å². The summed E-state index contributed by atoms with van der Waals surface area (Å²) < 4.78 is 0. The van der Waals surface area contributed by atoms with Crippen LogP contribution in [0.3, 0.4) is 0 Å². The summed E-state index contributed by atoms with van der Waals surface area (Å²) in [6.07, 6.45) is 2.51. The minimum atomic E-state index is -0.545. The van der Waals surface area contributed by atoms with Crippen LogP contribution in [0.4, 0.5) is 5.82 Å². The predicted octanol–water partition coefficient (Wildman–Crippen LogP) is 0.0816. The maximum Gasteiger partial charge on any atom is 0.269 e. The first-order chi connectivity index (χ1) is 8.72. The van der Waals surface area contributed by atoms with Gasteiger partial charge in [0.25, 0.3) is 5.91 Å². The van der Waals surface area contributed by atoms with Gasteiger partial charge in [0.15, 0.2) is 5.69 Å². The fourth-order valence-electron chi connectivity index (χ4n) is 2.86. The molecule has 2 bridgehead atoms. The number of primary amides is 1. The van der Waals surface area contributed by atoms with Crippen LogP contribution in [-0.4, -0.2) is 46.7 Å². The third-order valence-electron chi connectivity index (χ3n) is 3.91. The van der Waals surface area contributed by atoms with E-state index < -0.39 is 5.91 Å². The Labute approximate surface area is 106 Å². The Morgan fingerprint density at radius 3 is 2.61 bits per heavy atom. The zero-order valence-corrected chi connectivity index (χ0v) is 10.2. The van der Waals surface area contributed by atoms with E-state index in [9.17, 15) is 4.79 Å². The van der Waals surface area contributed by atoms with Crippen LogP contribution in [0.1, 0.15) is 23.3 Å². The normalized spacial score (nSPS) is 30.1. The van der Waals surface area contributed by atoms with Gasteiger partial charge in [0.05, 0.1) is 0 Å². The van der Waals surface area contributed by atoms with E-state index in [1.807, 2.05) is 0 Å². The lowest BCUT2D eigenvalue weighted by Gasteiger charge is -2.45. The third-order valence-corrected chi connectivity index (χ3v) is 3.91. The summed E-state index contributed by atoms with van der Waals surface area (Å²) in [6, 6.07) is 3.82. The van der Waals surface area contributed by atoms with Gasteiger partial charge in [0, 0.05) is 12.6 Å². The molecule has 1 atom stereocenters. The van der Waals surface area contributed by atoms with Gasteiger partial charge in [-0.05, 0) is 44.0 Å². The van der Waals surface area contributed by atoms with E-state index in [2.05, 4.69) is 20.4 Å². The van der Waals surface area contributed by atoms with Crippen LogP contribution >= 0.6 is 0 Å². The Morgan fingerprint density at radius 2 is 2.11 bits per heavy atom. The standard InChI is InChI=1S/C12H17N5O/c13-12(18)9-1-2-11(16-15-9)14-10-7-17-5-3-8(10)4-6-17/h1-2,8,10H,3-7H2,(H2,13,18)(H,14,16). The first kappa shape index (κ1) is 11.4. The SMILES string of the molecule is NC(=O)c1ccc(NC2CN3CCC2CC3)nn1. The van der Waals surface area contributed by atoms with Gasteiger partial charge in [0.1, 0.15) is 5.82 Å². The van der Waals surface area contributed by atoms with Crippen LogP contribution in [0, 0.1) is 5.92 Å². The molecule has 0 aliphatic carbocycles. The molecule has 1 aromatic rings. The molecule has 4 heterocycles. The number of amides is 1. The van der Waals surface area contributed by atoms with E-state index >= 15 is 0 Å². The average Bonchev–Trinajstić information content (AvgIpc) is 2.41. The van der Waals surface area contributed by atoms with Crippen molar-refractivity contribution in [3.05, 3.63) is 17.8 Å². The molecule has 18 heavy (non-hydrogen) atoms. The second-order valence-electron chi connectivity index (χ2n) is 5.06. The molecule has 6 heteroatoms. The Morgan fingerprint density at radius 1 is 1.33 bits per heavy atom. The van der Waals surface area contributed by atoms with E-state index in [1.165, 1.54) is 25.9 Å². The highest BCUT2D eigenvalue weighted by Gasteiger charge is 2.34. The molecule has 96 valence electrons. The number of nitrogens with two attached hydrogens (primary N) is 1. The van der Waals surface area contributed by atoms with Gasteiger partial charge in [-0.2, -0.15) is 0 Å². The zero-order chi connectivity index (χ0) is 12.5. The minimum absolute atomic E-state index is 0.203. The third kappa shape index (κ3) is 2.15. The van der Waals surface area contributed by atoms with Crippen molar-refractivity contribution in [2.24, 2.45) is 11.7 Å². The summed E-state index contributed by atoms with van der Waals surface area (Å²) in [5.41, 5.74) is 5.33. The first-order valence-corrected chi connectivity index (χ1v) is 6.35. The molecule has 1 unspecified atom stereocenters. The van der Waals surface area contributed by atoms with Gasteiger partial charge < -0.3 is 16.0 Å². The molecule has 1 amide bonds. The van der Waals surface area contributed by atoms with Crippen molar-refractivity contribution in [2.45, 2.75) is 18.9 Å². The Bertz CT molecular complexity index is 438. The monoisotopic (exact) mass is 247 g/mol. The lowest BCUT2D eigenvalue weighted by Crippen LogP contribution is -2.53. The molecule has 3 aliphatic rings. The fraction of sp³-hybridized carbons (Fsp3) is 0.583. The number of rotatable bonds is 3. The fourth-order valence-corrected chi connectivity index (χ4v) is 2.86. The molecule has 4 rings (SSSR count). The quantitative estimate of drug-likeness (QED) is 0.790. The molecule has 0 saturated carbocycles. The molecule has 3 aliphatic heterocycles. The number of fused-ring (bicyclic) bond motifs is 3. The number of anilines is 1. The van der Waals surface area contributed by atoms with E-state index in [0.717, 1.165) is 18.3 Å². The molecular formula is C12H17N5O. The van der Waals surface area contributed by atoms with E-state index in [-0.39, 0.29) is 5.69 Å². The van der Waals surface area contributed by atoms with Gasteiger partial charge in [-0.25, -0.2) is 0 Å². The van der Waals surface area contributed by atoms with Crippen LogP contribution in [0.2, 0.25) is 0 Å². The highest BCUT2D eigenvalue weighted by atomic mass is 16.1. The minimum Gasteiger partial charge on any atom is -0.364 e. The topological polar surface area (TPSA) is 84.1 Å². The van der Waals surface area contributed by atoms with Crippen LogP contribution in [0.25, 0.3) is 0 Å². The van der Waals surface area contributed by atoms with Crippen LogP contribution < -0.4 is 11.1 Å². The number of carbonyl (C=O) groups is 1. The number of nitrogens with one attached hydrogen (secondary N) is 1. The molecule has 0 spiro atoms. The van der Waals surface area contributed by atoms with Gasteiger partial charge in [-0.15, -0.1) is 10.2 Å². The number of hydrogen-bond acceptors (Lipinski definition) is 5. The molecule has 3 N–H and O–H groups in total. The summed E-state index contributed by atoms with van der Waals surface area (Å²) in [6.45, 7) is 3.51. The zero-order valence-electron chi connectivity index (χ0n) is 10.2. The summed E-state index contributed by atoms with van der Waals surface area (Å²) in [7, 11) is 0. The summed E-state index contributed by atoms with van der Waals surface area (Å²) >= 11 is 0. The predicted molar refractivity (Wildman–Crippen MR) is 67.1 cm³/mol. The largest absolute Gasteiger partial charge is 0.364 e. The lowest BCUT2D eigenvalue weighted by atomic mass is 9.84. The summed E-state index contributed by atoms with van der Waals surface area (Å²) in [5, 5.41) is 11.2. The van der Waals surface area contributed by atoms with Gasteiger partial charge >= 0.3 is 0 Å². The van der Waals surface area contributed by atoms with Gasteiger partial charge in [-0.1, -0.05) is 0 Å². The molecule has 3 saturated heterocycles. The second kappa shape index (κ2) is 4.53. The number of aromatic nitrogens is 2. The second-order valence-corrected chi connectivity index (χ2v) is 5.06. The molecule has 6 nitrogen and oxygen atoms in total. The van der Waals surface area contributed by atoms with Crippen molar-refractivity contribution in [2.75, 3.05) is 25.0 Å². The smallest absolute Gasteiger partial charge is 0.269 e. The van der Waals surface area contributed by atoms with Crippen molar-refractivity contribution in [1.82, 2.24) is 15.1 Å². The maximum atomic E-state index is 10.9. The van der Waals surface area contributed by atoms with Crippen molar-refractivity contribution < 1.29 is 4.79 Å². The maximum absolute atomic E-state index is 10.9. The first-order valence-electron chi connectivity index (χ1n) is 6.35. The highest BCUT2D eigenvalue weighted by Crippen LogP contribution is 2.29. The molecule has 1 aromatic heterocycles. The number of hydrogen-bond donors (Lipinski definition) is 2. The Hall–Kier alpha value is -1.69. The number of carbonyl (C=O) groups excluding carboxylic acids is 1. The molecular weight excluding hydrogens is 230 g/mol.